The van der Waals surface area contributed by atoms with Crippen LogP contribution in [0.3, 0.4) is 0 Å². The van der Waals surface area contributed by atoms with Crippen LogP contribution in [0.25, 0.3) is 0 Å². The number of likely N-dealkylation sites (tertiary alicyclic amines) is 1. The van der Waals surface area contributed by atoms with Crippen LogP contribution in [0.5, 0.6) is 0 Å². The van der Waals surface area contributed by atoms with E-state index in [9.17, 15) is 4.79 Å². The van der Waals surface area contributed by atoms with Crippen molar-refractivity contribution in [1.29, 1.82) is 0 Å². The summed E-state index contributed by atoms with van der Waals surface area (Å²) in [6, 6.07) is 0.339. The van der Waals surface area contributed by atoms with Crippen LogP contribution in [-0.4, -0.2) is 36.5 Å². The number of piperidine rings is 1. The van der Waals surface area contributed by atoms with Gasteiger partial charge in [0, 0.05) is 19.0 Å². The van der Waals surface area contributed by atoms with Gasteiger partial charge >= 0.3 is 0 Å². The molecule has 1 fully saturated rings. The maximum Gasteiger partial charge on any atom is 0.233 e. The van der Waals surface area contributed by atoms with Gasteiger partial charge < -0.3 is 10.6 Å². The molecule has 1 unspecified atom stereocenters. The number of unbranched alkanes of at least 4 members (excludes halogenated alkanes) is 1. The van der Waals surface area contributed by atoms with Gasteiger partial charge in [0.05, 0.1) is 0 Å². The Balaban J connectivity index is 2.02. The second-order valence-corrected chi connectivity index (χ2v) is 4.23. The fourth-order valence-electron chi connectivity index (χ4n) is 1.99. The number of nitrogens with one attached hydrogen (secondary N) is 1. The van der Waals surface area contributed by atoms with E-state index in [4.69, 9.17) is 11.6 Å². The van der Waals surface area contributed by atoms with Crippen molar-refractivity contribution in [2.24, 2.45) is 11.6 Å². The Morgan fingerprint density at radius 1 is 1.47 bits per heavy atom. The molecule has 1 aliphatic heterocycles. The summed E-state index contributed by atoms with van der Waals surface area (Å²) < 4.78 is 0. The Labute approximate surface area is 91.1 Å². The average Bonchev–Trinajstić information content (AvgIpc) is 2.24. The van der Waals surface area contributed by atoms with Gasteiger partial charge in [-0.05, 0) is 38.8 Å². The molecule has 0 aromatic rings. The third-order valence-corrected chi connectivity index (χ3v) is 2.83. The summed E-state index contributed by atoms with van der Waals surface area (Å²) in [7, 11) is 0. The second kappa shape index (κ2) is 6.76. The molecule has 1 rings (SSSR count). The smallest absolute Gasteiger partial charge is 0.233 e. The standard InChI is InChI=1S/C10H22N4O/c11-9-4-3-7-14(8-9)6-2-1-5-10(15)13-12/h9H,1-8,11-12H2,(H,13,15). The number of carbonyl (C=O) groups excluding carboxylic acids is 1. The van der Waals surface area contributed by atoms with E-state index in [1.54, 1.807) is 0 Å². The van der Waals surface area contributed by atoms with Gasteiger partial charge in [0.1, 0.15) is 0 Å². The lowest BCUT2D eigenvalue weighted by Gasteiger charge is -2.30. The van der Waals surface area contributed by atoms with Crippen LogP contribution in [0.1, 0.15) is 32.1 Å². The van der Waals surface area contributed by atoms with Gasteiger partial charge in [0.15, 0.2) is 0 Å². The zero-order valence-corrected chi connectivity index (χ0v) is 9.24. The molecule has 1 heterocycles. The maximum absolute atomic E-state index is 10.8. The molecule has 0 spiro atoms. The van der Waals surface area contributed by atoms with Gasteiger partial charge in [-0.3, -0.25) is 10.2 Å². The number of hydrogen-bond acceptors (Lipinski definition) is 4. The molecule has 1 atom stereocenters. The molecule has 15 heavy (non-hydrogen) atoms. The van der Waals surface area contributed by atoms with E-state index in [0.717, 1.165) is 38.9 Å². The Morgan fingerprint density at radius 2 is 2.27 bits per heavy atom. The van der Waals surface area contributed by atoms with Crippen LogP contribution in [-0.2, 0) is 4.79 Å². The van der Waals surface area contributed by atoms with Gasteiger partial charge in [-0.2, -0.15) is 0 Å². The summed E-state index contributed by atoms with van der Waals surface area (Å²) in [6.45, 7) is 3.20. The van der Waals surface area contributed by atoms with Crippen LogP contribution < -0.4 is 17.0 Å². The minimum atomic E-state index is -0.0784. The number of amides is 1. The lowest BCUT2D eigenvalue weighted by Crippen LogP contribution is -2.43. The fourth-order valence-corrected chi connectivity index (χ4v) is 1.99. The van der Waals surface area contributed by atoms with Crippen molar-refractivity contribution in [1.82, 2.24) is 10.3 Å². The highest BCUT2D eigenvalue weighted by Crippen LogP contribution is 2.09. The average molecular weight is 214 g/mol. The molecule has 1 saturated heterocycles. The Morgan fingerprint density at radius 3 is 2.93 bits per heavy atom. The van der Waals surface area contributed by atoms with Crippen molar-refractivity contribution >= 4 is 5.91 Å². The van der Waals surface area contributed by atoms with Crippen LogP contribution in [0.15, 0.2) is 0 Å². The Hall–Kier alpha value is -0.650. The van der Waals surface area contributed by atoms with Crippen LogP contribution in [0.4, 0.5) is 0 Å². The first-order valence-electron chi connectivity index (χ1n) is 5.69. The fraction of sp³-hybridized carbons (Fsp3) is 0.900. The molecule has 0 aliphatic carbocycles. The number of nitrogens with zero attached hydrogens (tertiary/aromatic N) is 1. The van der Waals surface area contributed by atoms with E-state index < -0.39 is 0 Å². The molecule has 1 amide bonds. The highest BCUT2D eigenvalue weighted by atomic mass is 16.2. The zero-order valence-electron chi connectivity index (χ0n) is 9.24. The molecular formula is C10H22N4O. The third kappa shape index (κ3) is 5.11. The number of hydrazine groups is 1. The number of nitrogens with two attached hydrogens (primary N) is 2. The van der Waals surface area contributed by atoms with Crippen molar-refractivity contribution in [3.63, 3.8) is 0 Å². The minimum Gasteiger partial charge on any atom is -0.327 e. The minimum absolute atomic E-state index is 0.0784. The summed E-state index contributed by atoms with van der Waals surface area (Å²) in [5.41, 5.74) is 8.01. The Kier molecular flexibility index (Phi) is 5.60. The highest BCUT2D eigenvalue weighted by Gasteiger charge is 2.15. The molecule has 5 nitrogen and oxygen atoms in total. The SMILES string of the molecule is NNC(=O)CCCCN1CCCC(N)C1. The van der Waals surface area contributed by atoms with Gasteiger partial charge in [-0.15, -0.1) is 0 Å². The van der Waals surface area contributed by atoms with Crippen molar-refractivity contribution in [2.75, 3.05) is 19.6 Å². The number of hydrogen-bond donors (Lipinski definition) is 3. The summed E-state index contributed by atoms with van der Waals surface area (Å²) in [6.07, 6.45) is 4.81. The molecule has 0 aromatic carbocycles. The van der Waals surface area contributed by atoms with Crippen LogP contribution in [0, 0.1) is 0 Å². The molecule has 0 aromatic heterocycles. The predicted octanol–water partition coefficient (Wildman–Crippen LogP) is -0.430. The first kappa shape index (κ1) is 12.4. The van der Waals surface area contributed by atoms with Crippen molar-refractivity contribution in [3.8, 4) is 0 Å². The Bertz CT molecular complexity index is 198. The second-order valence-electron chi connectivity index (χ2n) is 4.23. The molecule has 0 saturated carbocycles. The molecule has 0 bridgehead atoms. The van der Waals surface area contributed by atoms with Crippen molar-refractivity contribution in [2.45, 2.75) is 38.1 Å². The summed E-state index contributed by atoms with van der Waals surface area (Å²) in [5, 5.41) is 0. The maximum atomic E-state index is 10.8. The van der Waals surface area contributed by atoms with Crippen LogP contribution in [0.2, 0.25) is 0 Å². The summed E-state index contributed by atoms with van der Waals surface area (Å²) >= 11 is 0. The monoisotopic (exact) mass is 214 g/mol. The molecule has 5 heteroatoms. The topological polar surface area (TPSA) is 84.4 Å². The van der Waals surface area contributed by atoms with Crippen molar-refractivity contribution < 1.29 is 4.79 Å². The van der Waals surface area contributed by atoms with Gasteiger partial charge in [-0.1, -0.05) is 0 Å². The normalized spacial score (nSPS) is 22.7. The first-order valence-corrected chi connectivity index (χ1v) is 5.69. The number of carbonyl (C=O) groups is 1. The van der Waals surface area contributed by atoms with Crippen molar-refractivity contribution in [3.05, 3.63) is 0 Å². The van der Waals surface area contributed by atoms with E-state index in [2.05, 4.69) is 10.3 Å². The van der Waals surface area contributed by atoms with E-state index in [1.807, 2.05) is 0 Å². The van der Waals surface area contributed by atoms with E-state index in [1.165, 1.54) is 6.42 Å². The van der Waals surface area contributed by atoms with Gasteiger partial charge in [0.25, 0.3) is 0 Å². The van der Waals surface area contributed by atoms with E-state index in [0.29, 0.717) is 12.5 Å². The van der Waals surface area contributed by atoms with Gasteiger partial charge in [0.2, 0.25) is 5.91 Å². The molecule has 1 aliphatic rings. The molecular weight excluding hydrogens is 192 g/mol. The number of rotatable bonds is 5. The molecule has 88 valence electrons. The lowest BCUT2D eigenvalue weighted by molar-refractivity contribution is -0.121. The zero-order chi connectivity index (χ0) is 11.1. The van der Waals surface area contributed by atoms with Crippen LogP contribution >= 0.6 is 0 Å². The quantitative estimate of drug-likeness (QED) is 0.251. The summed E-state index contributed by atoms with van der Waals surface area (Å²) in [4.78, 5) is 13.2. The first-order chi connectivity index (χ1) is 7.22. The van der Waals surface area contributed by atoms with E-state index >= 15 is 0 Å². The molecule has 0 radical (unpaired) electrons. The third-order valence-electron chi connectivity index (χ3n) is 2.83. The lowest BCUT2D eigenvalue weighted by atomic mass is 10.1. The summed E-state index contributed by atoms with van der Waals surface area (Å²) in [5.74, 6) is 4.91. The highest BCUT2D eigenvalue weighted by molar-refractivity contribution is 5.75. The largest absolute Gasteiger partial charge is 0.327 e. The predicted molar refractivity (Wildman–Crippen MR) is 59.8 cm³/mol. The van der Waals surface area contributed by atoms with E-state index in [-0.39, 0.29) is 5.91 Å². The molecule has 5 N–H and O–H groups in total. The van der Waals surface area contributed by atoms with Gasteiger partial charge in [-0.25, -0.2) is 5.84 Å².